The molecule has 1 heterocycles. The number of hydrogen-bond donors (Lipinski definition) is 2. The molecular weight excluding hydrogens is 358 g/mol. The third-order valence-electron chi connectivity index (χ3n) is 2.73. The summed E-state index contributed by atoms with van der Waals surface area (Å²) >= 11 is 2.68. The molecule has 2 rings (SSSR count). The minimum absolute atomic E-state index is 0.0373. The molecule has 1 atom stereocenters. The predicted octanol–water partition coefficient (Wildman–Crippen LogP) is 3.69. The van der Waals surface area contributed by atoms with E-state index < -0.39 is 6.61 Å². The lowest BCUT2D eigenvalue weighted by Crippen LogP contribution is -2.22. The first-order valence-corrected chi connectivity index (χ1v) is 8.77. The van der Waals surface area contributed by atoms with Crippen molar-refractivity contribution in [3.8, 4) is 5.75 Å². The van der Waals surface area contributed by atoms with E-state index in [4.69, 9.17) is 0 Å². The fourth-order valence-electron chi connectivity index (χ4n) is 1.65. The van der Waals surface area contributed by atoms with Crippen LogP contribution in [0.1, 0.15) is 13.8 Å². The van der Waals surface area contributed by atoms with Gasteiger partial charge < -0.3 is 15.4 Å². The van der Waals surface area contributed by atoms with Gasteiger partial charge in [-0.3, -0.25) is 4.79 Å². The van der Waals surface area contributed by atoms with Gasteiger partial charge in [0.05, 0.1) is 5.25 Å². The molecule has 0 spiro atoms. The molecule has 130 valence electrons. The van der Waals surface area contributed by atoms with Gasteiger partial charge in [0.15, 0.2) is 4.34 Å². The number of alkyl halides is 2. The lowest BCUT2D eigenvalue weighted by Gasteiger charge is -2.11. The molecule has 0 aliphatic carbocycles. The highest BCUT2D eigenvalue weighted by Gasteiger charge is 2.17. The lowest BCUT2D eigenvalue weighted by molar-refractivity contribution is -0.115. The molecule has 0 unspecified atom stereocenters. The van der Waals surface area contributed by atoms with Gasteiger partial charge in [0.2, 0.25) is 11.0 Å². The average Bonchev–Trinajstić information content (AvgIpc) is 2.96. The molecule has 0 radical (unpaired) electrons. The lowest BCUT2D eigenvalue weighted by atomic mass is 10.3. The summed E-state index contributed by atoms with van der Waals surface area (Å²) in [5.74, 6) is -0.182. The van der Waals surface area contributed by atoms with Crippen LogP contribution in [0.5, 0.6) is 5.75 Å². The van der Waals surface area contributed by atoms with Crippen molar-refractivity contribution in [2.45, 2.75) is 30.0 Å². The number of carbonyl (C=O) groups is 1. The largest absolute Gasteiger partial charge is 0.435 e. The Balaban J connectivity index is 1.88. The van der Waals surface area contributed by atoms with Gasteiger partial charge in [-0.2, -0.15) is 8.78 Å². The Kier molecular flexibility index (Phi) is 6.73. The van der Waals surface area contributed by atoms with Crippen molar-refractivity contribution in [2.75, 3.05) is 17.2 Å². The van der Waals surface area contributed by atoms with E-state index in [0.717, 1.165) is 6.54 Å². The Morgan fingerprint density at radius 2 is 2.04 bits per heavy atom. The quantitative estimate of drug-likeness (QED) is 0.687. The number of thioether (sulfide) groups is 1. The van der Waals surface area contributed by atoms with E-state index in [1.54, 1.807) is 6.92 Å². The summed E-state index contributed by atoms with van der Waals surface area (Å²) in [5, 5.41) is 14.1. The SMILES string of the molecule is CCNc1nnc(S[C@H](C)C(=O)Nc2ccc(OC(F)F)cc2)s1. The molecule has 2 aromatic rings. The highest BCUT2D eigenvalue weighted by Crippen LogP contribution is 2.29. The zero-order valence-corrected chi connectivity index (χ0v) is 14.6. The van der Waals surface area contributed by atoms with E-state index in [2.05, 4.69) is 25.6 Å². The number of halogens is 2. The van der Waals surface area contributed by atoms with Crippen LogP contribution in [0.3, 0.4) is 0 Å². The van der Waals surface area contributed by atoms with Gasteiger partial charge in [-0.05, 0) is 38.1 Å². The van der Waals surface area contributed by atoms with Crippen LogP contribution in [-0.2, 0) is 4.79 Å². The van der Waals surface area contributed by atoms with Crippen molar-refractivity contribution in [2.24, 2.45) is 0 Å². The van der Waals surface area contributed by atoms with Gasteiger partial charge in [-0.15, -0.1) is 10.2 Å². The summed E-state index contributed by atoms with van der Waals surface area (Å²) in [6.45, 7) is 1.59. The van der Waals surface area contributed by atoms with Crippen molar-refractivity contribution in [1.82, 2.24) is 10.2 Å². The molecular formula is C14H16F2N4O2S2. The van der Waals surface area contributed by atoms with Crippen molar-refractivity contribution >= 4 is 39.8 Å². The van der Waals surface area contributed by atoms with E-state index in [-0.39, 0.29) is 16.9 Å². The highest BCUT2D eigenvalue weighted by molar-refractivity contribution is 8.02. The number of benzene rings is 1. The summed E-state index contributed by atoms with van der Waals surface area (Å²) in [7, 11) is 0. The van der Waals surface area contributed by atoms with Crippen LogP contribution >= 0.6 is 23.1 Å². The van der Waals surface area contributed by atoms with Crippen molar-refractivity contribution in [1.29, 1.82) is 0 Å². The van der Waals surface area contributed by atoms with Crippen LogP contribution in [0.15, 0.2) is 28.6 Å². The molecule has 2 N–H and O–H groups in total. The zero-order chi connectivity index (χ0) is 17.5. The van der Waals surface area contributed by atoms with E-state index in [0.29, 0.717) is 15.2 Å². The molecule has 0 saturated carbocycles. The van der Waals surface area contributed by atoms with Crippen LogP contribution in [0.25, 0.3) is 0 Å². The van der Waals surface area contributed by atoms with E-state index in [9.17, 15) is 13.6 Å². The molecule has 0 aliphatic rings. The number of amides is 1. The molecule has 0 saturated heterocycles. The number of rotatable bonds is 8. The molecule has 0 aliphatic heterocycles. The molecule has 24 heavy (non-hydrogen) atoms. The van der Waals surface area contributed by atoms with Gasteiger partial charge >= 0.3 is 6.61 Å². The van der Waals surface area contributed by atoms with Crippen LogP contribution in [0.2, 0.25) is 0 Å². The Bertz CT molecular complexity index is 667. The maximum Gasteiger partial charge on any atom is 0.387 e. The molecule has 0 fully saturated rings. The minimum Gasteiger partial charge on any atom is -0.435 e. The summed E-state index contributed by atoms with van der Waals surface area (Å²) in [4.78, 5) is 12.2. The Labute approximate surface area is 146 Å². The number of carbonyl (C=O) groups excluding carboxylic acids is 1. The van der Waals surface area contributed by atoms with Gasteiger partial charge in [0, 0.05) is 12.2 Å². The fourth-order valence-corrected chi connectivity index (χ4v) is 3.61. The first kappa shape index (κ1) is 18.4. The average molecular weight is 374 g/mol. The van der Waals surface area contributed by atoms with Crippen LogP contribution in [-0.4, -0.2) is 34.5 Å². The van der Waals surface area contributed by atoms with Gasteiger partial charge in [-0.1, -0.05) is 23.1 Å². The predicted molar refractivity (Wildman–Crippen MR) is 91.1 cm³/mol. The highest BCUT2D eigenvalue weighted by atomic mass is 32.2. The van der Waals surface area contributed by atoms with Crippen molar-refractivity contribution in [3.05, 3.63) is 24.3 Å². The number of nitrogens with zero attached hydrogens (tertiary/aromatic N) is 2. The van der Waals surface area contributed by atoms with E-state index in [1.807, 2.05) is 6.92 Å². The van der Waals surface area contributed by atoms with Crippen LogP contribution in [0.4, 0.5) is 19.6 Å². The maximum atomic E-state index is 12.2. The fraction of sp³-hybridized carbons (Fsp3) is 0.357. The first-order valence-electron chi connectivity index (χ1n) is 7.07. The third kappa shape index (κ3) is 5.60. The molecule has 6 nitrogen and oxygen atoms in total. The summed E-state index contributed by atoms with van der Waals surface area (Å²) in [6, 6.07) is 5.74. The molecule has 1 amide bonds. The Morgan fingerprint density at radius 3 is 2.67 bits per heavy atom. The van der Waals surface area contributed by atoms with E-state index in [1.165, 1.54) is 47.4 Å². The molecule has 1 aromatic carbocycles. The van der Waals surface area contributed by atoms with Gasteiger partial charge in [-0.25, -0.2) is 0 Å². The summed E-state index contributed by atoms with van der Waals surface area (Å²) in [6.07, 6.45) is 0. The number of nitrogens with one attached hydrogen (secondary N) is 2. The smallest absolute Gasteiger partial charge is 0.387 e. The summed E-state index contributed by atoms with van der Waals surface area (Å²) < 4.78 is 29.1. The number of aromatic nitrogens is 2. The Hall–Kier alpha value is -1.94. The second-order valence-electron chi connectivity index (χ2n) is 4.56. The molecule has 0 bridgehead atoms. The topological polar surface area (TPSA) is 76.1 Å². The van der Waals surface area contributed by atoms with Gasteiger partial charge in [0.25, 0.3) is 0 Å². The second-order valence-corrected chi connectivity index (χ2v) is 7.12. The van der Waals surface area contributed by atoms with Crippen LogP contribution < -0.4 is 15.4 Å². The molecule has 1 aromatic heterocycles. The number of anilines is 2. The van der Waals surface area contributed by atoms with Crippen molar-refractivity contribution < 1.29 is 18.3 Å². The van der Waals surface area contributed by atoms with Crippen LogP contribution in [0, 0.1) is 0 Å². The monoisotopic (exact) mass is 374 g/mol. The minimum atomic E-state index is -2.87. The first-order chi connectivity index (χ1) is 11.5. The standard InChI is InChI=1S/C14H16F2N4O2S2/c1-3-17-13-19-20-14(24-13)23-8(2)11(21)18-9-4-6-10(7-5-9)22-12(15)16/h4-8,12H,3H2,1-2H3,(H,17,19)(H,18,21)/t8-/m1/s1. The summed E-state index contributed by atoms with van der Waals surface area (Å²) in [5.41, 5.74) is 0.500. The van der Waals surface area contributed by atoms with Gasteiger partial charge in [0.1, 0.15) is 5.75 Å². The third-order valence-corrected chi connectivity index (χ3v) is 4.79. The number of hydrogen-bond acceptors (Lipinski definition) is 7. The molecule has 10 heteroatoms. The maximum absolute atomic E-state index is 12.2. The Morgan fingerprint density at radius 1 is 1.33 bits per heavy atom. The van der Waals surface area contributed by atoms with Crippen molar-refractivity contribution in [3.63, 3.8) is 0 Å². The normalized spacial score (nSPS) is 12.0. The number of ether oxygens (including phenoxy) is 1. The zero-order valence-electron chi connectivity index (χ0n) is 13.0. The second kappa shape index (κ2) is 8.78. The van der Waals surface area contributed by atoms with E-state index >= 15 is 0 Å².